The van der Waals surface area contributed by atoms with Gasteiger partial charge in [-0.15, -0.1) is 0 Å². The first-order valence-electron chi connectivity index (χ1n) is 13.9. The molecular weight excluding hydrogens is 440 g/mol. The predicted octanol–water partition coefficient (Wildman–Crippen LogP) is 5.39. The SMILES string of the molecule is CC1(C)CC[C@]2(C(=O)O)CC[C@]3(C)C(=CC[C@@H]4[C@@]5(C)C(=O)C[C@H](O)[C@@](C)(CO)[C@H]5CC[C@]43C)[C@@H]2C1. The highest BCUT2D eigenvalue weighted by molar-refractivity contribution is 5.87. The summed E-state index contributed by atoms with van der Waals surface area (Å²) in [5, 5.41) is 31.7. The third-order valence-electron chi connectivity index (χ3n) is 13.1. The number of ketones is 1. The van der Waals surface area contributed by atoms with E-state index >= 15 is 0 Å². The lowest BCUT2D eigenvalue weighted by Gasteiger charge is -2.70. The summed E-state index contributed by atoms with van der Waals surface area (Å²) in [6, 6.07) is 0. The maximum absolute atomic E-state index is 13.7. The second-order valence-electron chi connectivity index (χ2n) is 14.8. The van der Waals surface area contributed by atoms with Gasteiger partial charge in [0.05, 0.1) is 18.1 Å². The fourth-order valence-electron chi connectivity index (χ4n) is 10.4. The average Bonchev–Trinajstić information content (AvgIpc) is 2.77. The molecule has 3 N–H and O–H groups in total. The minimum atomic E-state index is -0.803. The molecule has 0 saturated heterocycles. The molecule has 0 heterocycles. The lowest BCUT2D eigenvalue weighted by Crippen LogP contribution is -2.68. The van der Waals surface area contributed by atoms with Crippen LogP contribution in [0.25, 0.3) is 0 Å². The maximum Gasteiger partial charge on any atom is 0.310 e. The molecule has 0 unspecified atom stereocenters. The number of carbonyl (C=O) groups excluding carboxylic acids is 1. The zero-order valence-electron chi connectivity index (χ0n) is 22.6. The summed E-state index contributed by atoms with van der Waals surface area (Å²) in [7, 11) is 0. The lowest BCUT2D eigenvalue weighted by molar-refractivity contribution is -0.211. The molecular formula is C30H46O5. The van der Waals surface area contributed by atoms with Gasteiger partial charge in [0.2, 0.25) is 0 Å². The molecule has 0 amide bonds. The van der Waals surface area contributed by atoms with E-state index in [4.69, 9.17) is 0 Å². The molecule has 35 heavy (non-hydrogen) atoms. The summed E-state index contributed by atoms with van der Waals surface area (Å²) >= 11 is 0. The first-order chi connectivity index (χ1) is 16.1. The summed E-state index contributed by atoms with van der Waals surface area (Å²) in [5.74, 6) is -0.353. The van der Waals surface area contributed by atoms with E-state index in [1.54, 1.807) is 0 Å². The van der Waals surface area contributed by atoms with Crippen molar-refractivity contribution < 1.29 is 24.9 Å². The highest BCUT2D eigenvalue weighted by Gasteiger charge is 2.71. The minimum Gasteiger partial charge on any atom is -0.481 e. The Kier molecular flexibility index (Phi) is 5.40. The fourth-order valence-corrected chi connectivity index (χ4v) is 10.4. The van der Waals surface area contributed by atoms with Crippen LogP contribution in [0.15, 0.2) is 11.6 Å². The molecule has 0 aromatic carbocycles. The molecule has 5 aliphatic rings. The van der Waals surface area contributed by atoms with Gasteiger partial charge in [0, 0.05) is 17.3 Å². The van der Waals surface area contributed by atoms with Gasteiger partial charge in [-0.3, -0.25) is 9.59 Å². The number of carboxylic acids is 1. The van der Waals surface area contributed by atoms with Crippen molar-refractivity contribution in [3.63, 3.8) is 0 Å². The van der Waals surface area contributed by atoms with Crippen LogP contribution >= 0.6 is 0 Å². The van der Waals surface area contributed by atoms with Crippen molar-refractivity contribution in [3.8, 4) is 0 Å². The van der Waals surface area contributed by atoms with E-state index in [2.05, 4.69) is 40.7 Å². The fraction of sp³-hybridized carbons (Fsp3) is 0.867. The Morgan fingerprint density at radius 2 is 1.66 bits per heavy atom. The molecule has 4 saturated carbocycles. The van der Waals surface area contributed by atoms with Gasteiger partial charge in [-0.25, -0.2) is 0 Å². The Hall–Kier alpha value is -1.20. The molecule has 0 radical (unpaired) electrons. The van der Waals surface area contributed by atoms with Crippen LogP contribution in [0.2, 0.25) is 0 Å². The molecule has 9 atom stereocenters. The molecule has 0 aliphatic heterocycles. The van der Waals surface area contributed by atoms with Gasteiger partial charge in [-0.1, -0.05) is 53.2 Å². The number of hydrogen-bond acceptors (Lipinski definition) is 4. The normalized spacial score (nSPS) is 52.9. The summed E-state index contributed by atoms with van der Waals surface area (Å²) in [5.41, 5.74) is -0.716. The monoisotopic (exact) mass is 486 g/mol. The predicted molar refractivity (Wildman–Crippen MR) is 134 cm³/mol. The van der Waals surface area contributed by atoms with Crippen LogP contribution in [0.4, 0.5) is 0 Å². The van der Waals surface area contributed by atoms with E-state index in [0.29, 0.717) is 6.42 Å². The second-order valence-corrected chi connectivity index (χ2v) is 14.8. The Labute approximate surface area is 210 Å². The Balaban J connectivity index is 1.63. The molecule has 0 spiro atoms. The highest BCUT2D eigenvalue weighted by Crippen LogP contribution is 2.75. The number of aliphatic hydroxyl groups excluding tert-OH is 2. The highest BCUT2D eigenvalue weighted by atomic mass is 16.4. The van der Waals surface area contributed by atoms with Crippen LogP contribution in [-0.4, -0.2) is 39.8 Å². The molecule has 0 aromatic rings. The van der Waals surface area contributed by atoms with Gasteiger partial charge in [0.1, 0.15) is 5.78 Å². The molecule has 196 valence electrons. The van der Waals surface area contributed by atoms with Gasteiger partial charge in [0.15, 0.2) is 0 Å². The smallest absolute Gasteiger partial charge is 0.310 e. The number of allylic oxidation sites excluding steroid dienone is 2. The largest absolute Gasteiger partial charge is 0.481 e. The van der Waals surface area contributed by atoms with Gasteiger partial charge in [-0.2, -0.15) is 0 Å². The van der Waals surface area contributed by atoms with Crippen molar-refractivity contribution in [2.75, 3.05) is 6.61 Å². The molecule has 5 rings (SSSR count). The topological polar surface area (TPSA) is 94.8 Å². The van der Waals surface area contributed by atoms with Crippen LogP contribution in [0.3, 0.4) is 0 Å². The third-order valence-corrected chi connectivity index (χ3v) is 13.1. The number of carboxylic acid groups (broad SMARTS) is 1. The van der Waals surface area contributed by atoms with Gasteiger partial charge >= 0.3 is 5.97 Å². The standard InChI is InChI=1S/C30H46O5/c1-25(2)11-13-30(24(34)35)14-12-27(4)18(19(30)16-25)7-8-21-28(27,5)10-9-20-26(3,17-31)22(32)15-23(33)29(20,21)6/h7,19-22,31-32H,8-17H2,1-6H3,(H,34,35)/t19-,20+,21-,22-,26-,27+,28+,29-,30-/m0/s1. The van der Waals surface area contributed by atoms with E-state index in [-0.39, 0.29) is 52.8 Å². The molecule has 5 nitrogen and oxygen atoms in total. The Bertz CT molecular complexity index is 983. The lowest BCUT2D eigenvalue weighted by atomic mass is 9.33. The number of aliphatic carboxylic acids is 1. The number of rotatable bonds is 2. The summed E-state index contributed by atoms with van der Waals surface area (Å²) in [6.07, 6.45) is 8.38. The maximum atomic E-state index is 13.7. The number of carbonyl (C=O) groups is 2. The molecule has 0 aromatic heterocycles. The van der Waals surface area contributed by atoms with Crippen molar-refractivity contribution in [3.05, 3.63) is 11.6 Å². The zero-order valence-corrected chi connectivity index (χ0v) is 22.6. The van der Waals surface area contributed by atoms with Gasteiger partial charge < -0.3 is 15.3 Å². The van der Waals surface area contributed by atoms with Crippen molar-refractivity contribution in [1.82, 2.24) is 0 Å². The summed E-state index contributed by atoms with van der Waals surface area (Å²) < 4.78 is 0. The van der Waals surface area contributed by atoms with Gasteiger partial charge in [-0.05, 0) is 85.4 Å². The Morgan fingerprint density at radius 3 is 2.29 bits per heavy atom. The van der Waals surface area contributed by atoms with Crippen LogP contribution in [0.5, 0.6) is 0 Å². The van der Waals surface area contributed by atoms with Crippen LogP contribution in [0, 0.1) is 50.2 Å². The van der Waals surface area contributed by atoms with Crippen molar-refractivity contribution in [2.24, 2.45) is 50.2 Å². The van der Waals surface area contributed by atoms with Crippen molar-refractivity contribution in [2.45, 2.75) is 105 Å². The van der Waals surface area contributed by atoms with Crippen LogP contribution in [-0.2, 0) is 9.59 Å². The Morgan fingerprint density at radius 1 is 1.00 bits per heavy atom. The van der Waals surface area contributed by atoms with E-state index in [1.165, 1.54) is 5.57 Å². The quantitative estimate of drug-likeness (QED) is 0.455. The number of hydrogen-bond donors (Lipinski definition) is 3. The van der Waals surface area contributed by atoms with E-state index in [9.17, 15) is 24.9 Å². The summed E-state index contributed by atoms with van der Waals surface area (Å²) in [6.45, 7) is 13.3. The van der Waals surface area contributed by atoms with Crippen molar-refractivity contribution >= 4 is 11.8 Å². The number of Topliss-reactive ketones (excluding diaryl/α,β-unsaturated/α-hetero) is 1. The van der Waals surface area contributed by atoms with E-state index in [1.807, 2.05) is 6.92 Å². The molecule has 4 fully saturated rings. The molecule has 5 aliphatic carbocycles. The number of aliphatic hydroxyl groups is 2. The number of fused-ring (bicyclic) bond motifs is 7. The van der Waals surface area contributed by atoms with Crippen molar-refractivity contribution in [1.29, 1.82) is 0 Å². The first-order valence-corrected chi connectivity index (χ1v) is 13.9. The average molecular weight is 487 g/mol. The van der Waals surface area contributed by atoms with E-state index < -0.39 is 28.3 Å². The van der Waals surface area contributed by atoms with Crippen LogP contribution in [0.1, 0.15) is 99.3 Å². The van der Waals surface area contributed by atoms with Crippen LogP contribution < -0.4 is 0 Å². The summed E-state index contributed by atoms with van der Waals surface area (Å²) in [4.78, 5) is 26.5. The zero-order chi connectivity index (χ0) is 25.8. The van der Waals surface area contributed by atoms with Gasteiger partial charge in [0.25, 0.3) is 0 Å². The molecule has 0 bridgehead atoms. The third kappa shape index (κ3) is 2.94. The minimum absolute atomic E-state index is 0.0526. The molecule has 5 heteroatoms. The van der Waals surface area contributed by atoms with E-state index in [0.717, 1.165) is 44.9 Å². The first kappa shape index (κ1) is 25.4. The second kappa shape index (κ2) is 7.43.